The van der Waals surface area contributed by atoms with Crippen LogP contribution in [0.3, 0.4) is 0 Å². The average Bonchev–Trinajstić information content (AvgIpc) is 2.57. The molecule has 0 aliphatic rings. The van der Waals surface area contributed by atoms with E-state index in [2.05, 4.69) is 24.0 Å². The van der Waals surface area contributed by atoms with E-state index in [0.29, 0.717) is 30.9 Å². The van der Waals surface area contributed by atoms with Crippen LogP contribution >= 0.6 is 11.3 Å². The molecule has 15 heavy (non-hydrogen) atoms. The second kappa shape index (κ2) is 6.71. The van der Waals surface area contributed by atoms with Crippen LogP contribution in [-0.2, 0) is 16.1 Å². The summed E-state index contributed by atoms with van der Waals surface area (Å²) in [6.07, 6.45) is 0. The Bertz CT molecular complexity index is 278. The van der Waals surface area contributed by atoms with Crippen molar-refractivity contribution in [2.45, 2.75) is 20.5 Å². The van der Waals surface area contributed by atoms with Gasteiger partial charge in [0.1, 0.15) is 11.6 Å². The zero-order valence-corrected chi connectivity index (χ0v) is 9.92. The molecule has 0 unspecified atom stereocenters. The highest BCUT2D eigenvalue weighted by Gasteiger charge is 2.00. The summed E-state index contributed by atoms with van der Waals surface area (Å²) in [6.45, 7) is 6.66. The summed E-state index contributed by atoms with van der Waals surface area (Å²) in [6, 6.07) is 0. The molecule has 6 heteroatoms. The molecular formula is C9H17N3O2S. The molecule has 0 aliphatic carbocycles. The van der Waals surface area contributed by atoms with Gasteiger partial charge in [0.05, 0.1) is 13.2 Å². The van der Waals surface area contributed by atoms with E-state index in [-0.39, 0.29) is 0 Å². The fourth-order valence-electron chi connectivity index (χ4n) is 0.921. The van der Waals surface area contributed by atoms with Crippen molar-refractivity contribution >= 4 is 16.5 Å². The van der Waals surface area contributed by atoms with E-state index in [9.17, 15) is 0 Å². The first kappa shape index (κ1) is 12.4. The fourth-order valence-corrected chi connectivity index (χ4v) is 1.47. The van der Waals surface area contributed by atoms with Gasteiger partial charge in [0, 0.05) is 6.61 Å². The highest BCUT2D eigenvalue weighted by molar-refractivity contribution is 7.15. The Morgan fingerprint density at radius 3 is 2.60 bits per heavy atom. The standard InChI is InChI=1S/C9H17N3O2S/c1-7(2)5-13-3-4-14-6-8-11-12-9(10)15-8/h7H,3-6H2,1-2H3,(H2,10,12). The van der Waals surface area contributed by atoms with Crippen molar-refractivity contribution in [3.05, 3.63) is 5.01 Å². The first-order chi connectivity index (χ1) is 7.18. The third-order valence-electron chi connectivity index (χ3n) is 1.53. The quantitative estimate of drug-likeness (QED) is 0.716. The van der Waals surface area contributed by atoms with Crippen molar-refractivity contribution in [3.63, 3.8) is 0 Å². The monoisotopic (exact) mass is 231 g/mol. The maximum Gasteiger partial charge on any atom is 0.203 e. The number of nitrogen functional groups attached to an aromatic ring is 1. The minimum absolute atomic E-state index is 0.458. The van der Waals surface area contributed by atoms with Crippen LogP contribution in [0.25, 0.3) is 0 Å². The number of rotatable bonds is 7. The molecule has 1 aromatic heterocycles. The molecule has 1 rings (SSSR count). The van der Waals surface area contributed by atoms with Crippen molar-refractivity contribution in [1.82, 2.24) is 10.2 Å². The minimum atomic E-state index is 0.458. The van der Waals surface area contributed by atoms with Crippen molar-refractivity contribution in [2.75, 3.05) is 25.6 Å². The summed E-state index contributed by atoms with van der Waals surface area (Å²) in [5.74, 6) is 0.563. The number of hydrogen-bond acceptors (Lipinski definition) is 6. The summed E-state index contributed by atoms with van der Waals surface area (Å²) in [4.78, 5) is 0. The van der Waals surface area contributed by atoms with Gasteiger partial charge < -0.3 is 15.2 Å². The molecule has 0 amide bonds. The summed E-state index contributed by atoms with van der Waals surface area (Å²) in [5.41, 5.74) is 5.43. The van der Waals surface area contributed by atoms with E-state index in [0.717, 1.165) is 11.6 Å². The zero-order chi connectivity index (χ0) is 11.1. The summed E-state index contributed by atoms with van der Waals surface area (Å²) in [7, 11) is 0. The smallest absolute Gasteiger partial charge is 0.203 e. The Morgan fingerprint density at radius 1 is 1.27 bits per heavy atom. The molecule has 0 saturated carbocycles. The van der Waals surface area contributed by atoms with Gasteiger partial charge in [-0.05, 0) is 5.92 Å². The van der Waals surface area contributed by atoms with Crippen LogP contribution in [0.4, 0.5) is 5.13 Å². The van der Waals surface area contributed by atoms with Gasteiger partial charge in [-0.2, -0.15) is 0 Å². The molecule has 1 aromatic rings. The molecule has 0 radical (unpaired) electrons. The van der Waals surface area contributed by atoms with Gasteiger partial charge in [-0.15, -0.1) is 10.2 Å². The lowest BCUT2D eigenvalue weighted by molar-refractivity contribution is 0.0312. The second-order valence-corrected chi connectivity index (χ2v) is 4.65. The van der Waals surface area contributed by atoms with Crippen molar-refractivity contribution in [2.24, 2.45) is 5.92 Å². The highest BCUT2D eigenvalue weighted by atomic mass is 32.1. The predicted octanol–water partition coefficient (Wildman–Crippen LogP) is 1.31. The van der Waals surface area contributed by atoms with E-state index in [1.165, 1.54) is 11.3 Å². The number of nitrogens with zero attached hydrogens (tertiary/aromatic N) is 2. The maximum atomic E-state index is 5.43. The Balaban J connectivity index is 1.98. The van der Waals surface area contributed by atoms with Gasteiger partial charge in [-0.1, -0.05) is 25.2 Å². The molecule has 5 nitrogen and oxygen atoms in total. The molecule has 0 bridgehead atoms. The molecule has 2 N–H and O–H groups in total. The third kappa shape index (κ3) is 5.66. The van der Waals surface area contributed by atoms with Gasteiger partial charge in [0.25, 0.3) is 0 Å². The van der Waals surface area contributed by atoms with Gasteiger partial charge in [0.15, 0.2) is 0 Å². The number of hydrogen-bond donors (Lipinski definition) is 1. The maximum absolute atomic E-state index is 5.43. The minimum Gasteiger partial charge on any atom is -0.379 e. The van der Waals surface area contributed by atoms with Gasteiger partial charge >= 0.3 is 0 Å². The van der Waals surface area contributed by atoms with Crippen LogP contribution in [0.2, 0.25) is 0 Å². The average molecular weight is 231 g/mol. The molecule has 0 spiro atoms. The molecule has 86 valence electrons. The number of aromatic nitrogens is 2. The largest absolute Gasteiger partial charge is 0.379 e. The lowest BCUT2D eigenvalue weighted by Gasteiger charge is -2.06. The SMILES string of the molecule is CC(C)COCCOCc1nnc(N)s1. The molecule has 0 atom stereocenters. The van der Waals surface area contributed by atoms with Crippen LogP contribution in [0.15, 0.2) is 0 Å². The molecule has 0 saturated heterocycles. The van der Waals surface area contributed by atoms with Crippen molar-refractivity contribution in [3.8, 4) is 0 Å². The fraction of sp³-hybridized carbons (Fsp3) is 0.778. The normalized spacial score (nSPS) is 11.1. The van der Waals surface area contributed by atoms with Crippen molar-refractivity contribution in [1.29, 1.82) is 0 Å². The number of nitrogens with two attached hydrogens (primary N) is 1. The van der Waals surface area contributed by atoms with Crippen LogP contribution in [0.1, 0.15) is 18.9 Å². The Hall–Kier alpha value is -0.720. The first-order valence-corrected chi connectivity index (χ1v) is 5.73. The van der Waals surface area contributed by atoms with Crippen LogP contribution in [0.5, 0.6) is 0 Å². The topological polar surface area (TPSA) is 70.3 Å². The molecule has 0 aromatic carbocycles. The number of ether oxygens (including phenoxy) is 2. The third-order valence-corrected chi connectivity index (χ3v) is 2.26. The second-order valence-electron chi connectivity index (χ2n) is 3.56. The highest BCUT2D eigenvalue weighted by Crippen LogP contribution is 2.11. The van der Waals surface area contributed by atoms with Crippen molar-refractivity contribution < 1.29 is 9.47 Å². The molecular weight excluding hydrogens is 214 g/mol. The zero-order valence-electron chi connectivity index (χ0n) is 9.10. The molecule has 0 fully saturated rings. The van der Waals surface area contributed by atoms with Gasteiger partial charge in [0.2, 0.25) is 5.13 Å². The lowest BCUT2D eigenvalue weighted by atomic mass is 10.2. The van der Waals surface area contributed by atoms with Crippen LogP contribution in [0, 0.1) is 5.92 Å². The molecule has 0 aliphatic heterocycles. The van der Waals surface area contributed by atoms with Crippen LogP contribution < -0.4 is 5.73 Å². The van der Waals surface area contributed by atoms with E-state index >= 15 is 0 Å². The summed E-state index contributed by atoms with van der Waals surface area (Å²) < 4.78 is 10.7. The van der Waals surface area contributed by atoms with Gasteiger partial charge in [-0.3, -0.25) is 0 Å². The lowest BCUT2D eigenvalue weighted by Crippen LogP contribution is -2.08. The molecule has 1 heterocycles. The van der Waals surface area contributed by atoms with Gasteiger partial charge in [-0.25, -0.2) is 0 Å². The Morgan fingerprint density at radius 2 is 2.00 bits per heavy atom. The summed E-state index contributed by atoms with van der Waals surface area (Å²) >= 11 is 1.35. The first-order valence-electron chi connectivity index (χ1n) is 4.92. The number of anilines is 1. The van der Waals surface area contributed by atoms with E-state index in [1.807, 2.05) is 0 Å². The van der Waals surface area contributed by atoms with E-state index in [4.69, 9.17) is 15.2 Å². The summed E-state index contributed by atoms with van der Waals surface area (Å²) in [5, 5.41) is 8.81. The van der Waals surface area contributed by atoms with Crippen LogP contribution in [-0.4, -0.2) is 30.0 Å². The van der Waals surface area contributed by atoms with E-state index in [1.54, 1.807) is 0 Å². The Labute approximate surface area is 93.6 Å². The predicted molar refractivity (Wildman–Crippen MR) is 59.6 cm³/mol. The van der Waals surface area contributed by atoms with E-state index < -0.39 is 0 Å². The Kier molecular flexibility index (Phi) is 5.52.